The molecule has 0 saturated heterocycles. The maximum Gasteiger partial charge on any atom is 0.325 e. The van der Waals surface area contributed by atoms with Crippen LogP contribution in [0.5, 0.6) is 0 Å². The van der Waals surface area contributed by atoms with Crippen molar-refractivity contribution in [1.82, 2.24) is 10.6 Å². The molecule has 2 aromatic rings. The number of hydrogen-bond acceptors (Lipinski definition) is 6. The predicted molar refractivity (Wildman–Crippen MR) is 99.6 cm³/mol. The molecule has 0 fully saturated rings. The van der Waals surface area contributed by atoms with Crippen LogP contribution in [-0.4, -0.2) is 43.4 Å². The van der Waals surface area contributed by atoms with Crippen LogP contribution in [0.15, 0.2) is 41.0 Å². The van der Waals surface area contributed by atoms with Gasteiger partial charge in [-0.2, -0.15) is 0 Å². The van der Waals surface area contributed by atoms with Crippen molar-refractivity contribution in [2.24, 2.45) is 0 Å². The molecule has 2 rings (SSSR count). The van der Waals surface area contributed by atoms with E-state index in [9.17, 15) is 19.2 Å². The number of aryl methyl sites for hydroxylation is 2. The lowest BCUT2D eigenvalue weighted by atomic mass is 10.1. The van der Waals surface area contributed by atoms with Crippen LogP contribution in [0, 0.1) is 13.8 Å². The molecule has 9 nitrogen and oxygen atoms in total. The topological polar surface area (TPSA) is 127 Å². The summed E-state index contributed by atoms with van der Waals surface area (Å²) in [5.74, 6) is -2.35. The van der Waals surface area contributed by atoms with Crippen molar-refractivity contribution < 1.29 is 28.3 Å². The number of anilines is 1. The van der Waals surface area contributed by atoms with Crippen molar-refractivity contribution >= 4 is 29.4 Å². The van der Waals surface area contributed by atoms with Gasteiger partial charge in [-0.3, -0.25) is 19.2 Å². The quantitative estimate of drug-likeness (QED) is 0.578. The molecule has 1 aromatic heterocycles. The van der Waals surface area contributed by atoms with Crippen LogP contribution in [-0.2, 0) is 19.1 Å². The summed E-state index contributed by atoms with van der Waals surface area (Å²) in [6.45, 7) is 2.49. The van der Waals surface area contributed by atoms with E-state index in [0.717, 1.165) is 11.1 Å². The maximum atomic E-state index is 12.0. The third kappa shape index (κ3) is 6.27. The van der Waals surface area contributed by atoms with Gasteiger partial charge in [0.2, 0.25) is 5.91 Å². The summed E-state index contributed by atoms with van der Waals surface area (Å²) >= 11 is 0. The summed E-state index contributed by atoms with van der Waals surface area (Å²) < 4.78 is 9.60. The summed E-state index contributed by atoms with van der Waals surface area (Å²) in [6, 6.07) is 8.59. The van der Waals surface area contributed by atoms with Gasteiger partial charge < -0.3 is 25.1 Å². The average molecular weight is 387 g/mol. The van der Waals surface area contributed by atoms with E-state index in [-0.39, 0.29) is 12.3 Å². The lowest BCUT2D eigenvalue weighted by Gasteiger charge is -2.12. The molecule has 0 unspecified atom stereocenters. The minimum absolute atomic E-state index is 0.0560. The van der Waals surface area contributed by atoms with Gasteiger partial charge >= 0.3 is 5.97 Å². The van der Waals surface area contributed by atoms with Gasteiger partial charge in [0.05, 0.1) is 12.8 Å². The van der Waals surface area contributed by atoms with E-state index in [1.165, 1.54) is 18.4 Å². The number of ether oxygens (including phenoxy) is 1. The molecule has 1 heterocycles. The van der Waals surface area contributed by atoms with Crippen molar-refractivity contribution in [2.75, 3.05) is 25.0 Å². The first kappa shape index (κ1) is 20.7. The van der Waals surface area contributed by atoms with Gasteiger partial charge in [-0.05, 0) is 37.1 Å². The minimum atomic E-state index is -0.796. The highest BCUT2D eigenvalue weighted by molar-refractivity contribution is 5.96. The van der Waals surface area contributed by atoms with Crippen LogP contribution in [0.4, 0.5) is 5.69 Å². The highest BCUT2D eigenvalue weighted by Crippen LogP contribution is 2.18. The third-order valence-corrected chi connectivity index (χ3v) is 3.69. The SMILES string of the molecule is Cc1cccc(C)c1NC(=O)CNC(=O)COC(=O)CNC(=O)c1ccco1. The fraction of sp³-hybridized carbons (Fsp3) is 0.263. The van der Waals surface area contributed by atoms with Crippen molar-refractivity contribution in [2.45, 2.75) is 13.8 Å². The number of esters is 1. The van der Waals surface area contributed by atoms with Gasteiger partial charge in [0, 0.05) is 5.69 Å². The van der Waals surface area contributed by atoms with E-state index >= 15 is 0 Å². The largest absolute Gasteiger partial charge is 0.459 e. The number of hydrogen-bond donors (Lipinski definition) is 3. The first-order chi connectivity index (χ1) is 13.4. The lowest BCUT2D eigenvalue weighted by molar-refractivity contribution is -0.147. The number of carbonyl (C=O) groups excluding carboxylic acids is 4. The second-order valence-electron chi connectivity index (χ2n) is 5.91. The van der Waals surface area contributed by atoms with E-state index in [1.54, 1.807) is 0 Å². The number of nitrogens with one attached hydrogen (secondary N) is 3. The number of benzene rings is 1. The zero-order valence-electron chi connectivity index (χ0n) is 15.5. The van der Waals surface area contributed by atoms with E-state index in [0.29, 0.717) is 5.69 Å². The van der Waals surface area contributed by atoms with Crippen LogP contribution in [0.3, 0.4) is 0 Å². The molecule has 0 saturated carbocycles. The Morgan fingerprint density at radius 1 is 0.929 bits per heavy atom. The van der Waals surface area contributed by atoms with Crippen LogP contribution in [0.25, 0.3) is 0 Å². The molecule has 148 valence electrons. The zero-order chi connectivity index (χ0) is 20.5. The molecular formula is C19H21N3O6. The summed E-state index contributed by atoms with van der Waals surface area (Å²) in [4.78, 5) is 46.8. The van der Waals surface area contributed by atoms with Crippen LogP contribution in [0.1, 0.15) is 21.7 Å². The molecular weight excluding hydrogens is 366 g/mol. The van der Waals surface area contributed by atoms with E-state index in [4.69, 9.17) is 9.15 Å². The third-order valence-electron chi connectivity index (χ3n) is 3.69. The zero-order valence-corrected chi connectivity index (χ0v) is 15.5. The highest BCUT2D eigenvalue weighted by atomic mass is 16.5. The van der Waals surface area contributed by atoms with Crippen molar-refractivity contribution in [3.8, 4) is 0 Å². The molecule has 0 atom stereocenters. The van der Waals surface area contributed by atoms with Gasteiger partial charge in [0.25, 0.3) is 11.8 Å². The van der Waals surface area contributed by atoms with Crippen LogP contribution < -0.4 is 16.0 Å². The number of rotatable bonds is 8. The normalized spacial score (nSPS) is 10.1. The molecule has 0 radical (unpaired) electrons. The first-order valence-electron chi connectivity index (χ1n) is 8.47. The Hall–Kier alpha value is -3.62. The lowest BCUT2D eigenvalue weighted by Crippen LogP contribution is -2.37. The summed E-state index contributed by atoms with van der Waals surface area (Å²) in [5.41, 5.74) is 2.51. The average Bonchev–Trinajstić information content (AvgIpc) is 3.20. The Morgan fingerprint density at radius 2 is 1.64 bits per heavy atom. The Kier molecular flexibility index (Phi) is 7.32. The maximum absolute atomic E-state index is 12.0. The monoisotopic (exact) mass is 387 g/mol. The fourth-order valence-electron chi connectivity index (χ4n) is 2.27. The van der Waals surface area contributed by atoms with Crippen molar-refractivity contribution in [3.63, 3.8) is 0 Å². The predicted octanol–water partition coefficient (Wildman–Crippen LogP) is 0.924. The molecule has 0 spiro atoms. The first-order valence-corrected chi connectivity index (χ1v) is 8.47. The Morgan fingerprint density at radius 3 is 2.29 bits per heavy atom. The summed E-state index contributed by atoms with van der Waals surface area (Å²) in [7, 11) is 0. The van der Waals surface area contributed by atoms with Gasteiger partial charge in [-0.1, -0.05) is 18.2 Å². The molecule has 0 bridgehead atoms. The smallest absolute Gasteiger partial charge is 0.325 e. The van der Waals surface area contributed by atoms with Crippen LogP contribution >= 0.6 is 0 Å². The number of furan rings is 1. The molecule has 9 heteroatoms. The van der Waals surface area contributed by atoms with E-state index in [2.05, 4.69) is 16.0 Å². The van der Waals surface area contributed by atoms with E-state index in [1.807, 2.05) is 32.0 Å². The molecule has 3 N–H and O–H groups in total. The van der Waals surface area contributed by atoms with Gasteiger partial charge in [0.1, 0.15) is 6.54 Å². The van der Waals surface area contributed by atoms with Gasteiger partial charge in [-0.25, -0.2) is 0 Å². The van der Waals surface area contributed by atoms with Crippen molar-refractivity contribution in [1.29, 1.82) is 0 Å². The number of carbonyl (C=O) groups is 4. The van der Waals surface area contributed by atoms with Crippen LogP contribution in [0.2, 0.25) is 0 Å². The molecule has 1 aromatic carbocycles. The number of amides is 3. The second kappa shape index (κ2) is 9.91. The molecule has 28 heavy (non-hydrogen) atoms. The number of para-hydroxylation sites is 1. The Labute approximate surface area is 161 Å². The Bertz CT molecular complexity index is 840. The molecule has 0 aliphatic carbocycles. The van der Waals surface area contributed by atoms with Gasteiger partial charge in [-0.15, -0.1) is 0 Å². The molecule has 3 amide bonds. The standard InChI is InChI=1S/C19H21N3O6/c1-12-5-3-6-13(2)18(12)22-15(23)9-20-16(24)11-28-17(25)10-21-19(26)14-7-4-8-27-14/h3-8H,9-11H2,1-2H3,(H,20,24)(H,21,26)(H,22,23). The summed E-state index contributed by atoms with van der Waals surface area (Å²) in [5, 5.41) is 7.37. The fourth-order valence-corrected chi connectivity index (χ4v) is 2.27. The van der Waals surface area contributed by atoms with Gasteiger partial charge in [0.15, 0.2) is 12.4 Å². The highest BCUT2D eigenvalue weighted by Gasteiger charge is 2.13. The van der Waals surface area contributed by atoms with E-state index < -0.39 is 36.8 Å². The summed E-state index contributed by atoms with van der Waals surface area (Å²) in [6.07, 6.45) is 1.33. The molecule has 0 aliphatic heterocycles. The Balaban J connectivity index is 1.66. The second-order valence-corrected chi connectivity index (χ2v) is 5.91. The molecule has 0 aliphatic rings. The minimum Gasteiger partial charge on any atom is -0.459 e. The van der Waals surface area contributed by atoms with Crippen molar-refractivity contribution in [3.05, 3.63) is 53.5 Å².